The van der Waals surface area contributed by atoms with Crippen LogP contribution in [0.2, 0.25) is 0 Å². The lowest BCUT2D eigenvalue weighted by molar-refractivity contribution is 0.211. The average Bonchev–Trinajstić information content (AvgIpc) is 2.49. The van der Waals surface area contributed by atoms with Crippen molar-refractivity contribution >= 4 is 21.7 Å². The molecule has 4 nitrogen and oxygen atoms in total. The first kappa shape index (κ1) is 15.4. The van der Waals surface area contributed by atoms with Crippen molar-refractivity contribution in [2.45, 2.75) is 32.4 Å². The van der Waals surface area contributed by atoms with Crippen molar-refractivity contribution in [3.63, 3.8) is 0 Å². The molecule has 0 bridgehead atoms. The number of nitrogens with zero attached hydrogens (tertiary/aromatic N) is 3. The van der Waals surface area contributed by atoms with Crippen molar-refractivity contribution in [1.29, 1.82) is 0 Å². The van der Waals surface area contributed by atoms with Gasteiger partial charge in [0.05, 0.1) is 0 Å². The highest BCUT2D eigenvalue weighted by Gasteiger charge is 2.19. The molecule has 0 saturated carbocycles. The van der Waals surface area contributed by atoms with Crippen LogP contribution in [-0.2, 0) is 6.54 Å². The van der Waals surface area contributed by atoms with Crippen LogP contribution in [0.1, 0.15) is 24.2 Å². The lowest BCUT2D eigenvalue weighted by Crippen LogP contribution is -2.38. The molecule has 116 valence electrons. The highest BCUT2D eigenvalue weighted by Crippen LogP contribution is 2.19. The van der Waals surface area contributed by atoms with Crippen molar-refractivity contribution < 1.29 is 0 Å². The monoisotopic (exact) mass is 360 g/mol. The molecular formula is C17H21BrN4. The zero-order valence-electron chi connectivity index (χ0n) is 12.8. The molecule has 0 aliphatic carbocycles. The van der Waals surface area contributed by atoms with Crippen LogP contribution in [0, 0.1) is 6.92 Å². The Morgan fingerprint density at radius 1 is 1.18 bits per heavy atom. The van der Waals surface area contributed by atoms with Crippen LogP contribution in [0.5, 0.6) is 0 Å². The Hall–Kier alpha value is -1.46. The minimum Gasteiger partial charge on any atom is -0.367 e. The fourth-order valence-corrected chi connectivity index (χ4v) is 3.36. The van der Waals surface area contributed by atoms with E-state index in [1.54, 1.807) is 0 Å². The van der Waals surface area contributed by atoms with E-state index < -0.39 is 0 Å². The normalized spacial score (nSPS) is 16.6. The molecule has 2 aromatic rings. The van der Waals surface area contributed by atoms with E-state index in [1.807, 2.05) is 13.0 Å². The average molecular weight is 361 g/mol. The zero-order chi connectivity index (χ0) is 15.4. The molecule has 0 atom stereocenters. The summed E-state index contributed by atoms with van der Waals surface area (Å²) in [6.45, 7) is 5.21. The molecule has 1 aliphatic heterocycles. The fraction of sp³-hybridized carbons (Fsp3) is 0.412. The lowest BCUT2D eigenvalue weighted by Gasteiger charge is -2.32. The van der Waals surface area contributed by atoms with E-state index >= 15 is 0 Å². The Morgan fingerprint density at radius 2 is 1.91 bits per heavy atom. The summed E-state index contributed by atoms with van der Waals surface area (Å²) in [6.07, 6.45) is 2.29. The molecule has 0 unspecified atom stereocenters. The van der Waals surface area contributed by atoms with Crippen molar-refractivity contribution in [3.05, 3.63) is 52.4 Å². The van der Waals surface area contributed by atoms with Crippen LogP contribution in [0.4, 0.5) is 5.82 Å². The van der Waals surface area contributed by atoms with Gasteiger partial charge in [0.1, 0.15) is 16.2 Å². The quantitative estimate of drug-likeness (QED) is 0.845. The van der Waals surface area contributed by atoms with Crippen LogP contribution < -0.4 is 5.32 Å². The molecule has 1 aromatic heterocycles. The molecule has 5 heteroatoms. The number of aryl methyl sites for hydroxylation is 1. The Labute approximate surface area is 140 Å². The number of piperidine rings is 1. The summed E-state index contributed by atoms with van der Waals surface area (Å²) < 4.78 is 0.837. The summed E-state index contributed by atoms with van der Waals surface area (Å²) in [7, 11) is 0. The molecule has 1 aromatic carbocycles. The Kier molecular flexibility index (Phi) is 5.05. The third kappa shape index (κ3) is 4.27. The third-order valence-electron chi connectivity index (χ3n) is 4.00. The molecule has 0 amide bonds. The minimum absolute atomic E-state index is 0.494. The standard InChI is InChI=1S/C17H21BrN4/c1-13-19-16(18)11-17(20-13)21-15-7-9-22(10-8-15)12-14-5-3-2-4-6-14/h2-6,11,15H,7-10,12H2,1H3,(H,19,20,21). The summed E-state index contributed by atoms with van der Waals surface area (Å²) >= 11 is 3.43. The number of anilines is 1. The van der Waals surface area contributed by atoms with Gasteiger partial charge in [-0.05, 0) is 41.3 Å². The molecule has 1 fully saturated rings. The van der Waals surface area contributed by atoms with Gasteiger partial charge in [-0.1, -0.05) is 30.3 Å². The molecule has 0 spiro atoms. The van der Waals surface area contributed by atoms with E-state index in [2.05, 4.69) is 66.4 Å². The molecule has 1 saturated heterocycles. The van der Waals surface area contributed by atoms with Gasteiger partial charge in [-0.2, -0.15) is 0 Å². The van der Waals surface area contributed by atoms with Crippen molar-refractivity contribution in [1.82, 2.24) is 14.9 Å². The first-order chi connectivity index (χ1) is 10.7. The Balaban J connectivity index is 1.51. The zero-order valence-corrected chi connectivity index (χ0v) is 14.4. The molecule has 22 heavy (non-hydrogen) atoms. The predicted molar refractivity (Wildman–Crippen MR) is 92.8 cm³/mol. The van der Waals surface area contributed by atoms with E-state index in [9.17, 15) is 0 Å². The van der Waals surface area contributed by atoms with Crippen LogP contribution in [0.25, 0.3) is 0 Å². The topological polar surface area (TPSA) is 41.1 Å². The van der Waals surface area contributed by atoms with Gasteiger partial charge in [0.2, 0.25) is 0 Å². The molecule has 2 heterocycles. The third-order valence-corrected chi connectivity index (χ3v) is 4.40. The Bertz CT molecular complexity index is 589. The summed E-state index contributed by atoms with van der Waals surface area (Å²) in [5, 5.41) is 3.54. The second kappa shape index (κ2) is 7.20. The van der Waals surface area contributed by atoms with Crippen molar-refractivity contribution in [3.8, 4) is 0 Å². The maximum Gasteiger partial charge on any atom is 0.131 e. The summed E-state index contributed by atoms with van der Waals surface area (Å²) in [5.41, 5.74) is 1.39. The van der Waals surface area contributed by atoms with Crippen molar-refractivity contribution in [2.24, 2.45) is 0 Å². The van der Waals surface area contributed by atoms with Gasteiger partial charge in [0.25, 0.3) is 0 Å². The number of halogens is 1. The summed E-state index contributed by atoms with van der Waals surface area (Å²) in [4.78, 5) is 11.2. The van der Waals surface area contributed by atoms with Gasteiger partial charge >= 0.3 is 0 Å². The molecule has 0 radical (unpaired) electrons. The summed E-state index contributed by atoms with van der Waals surface area (Å²) in [6, 6.07) is 13.1. The number of hydrogen-bond acceptors (Lipinski definition) is 4. The number of aromatic nitrogens is 2. The van der Waals surface area contributed by atoms with Crippen LogP contribution >= 0.6 is 15.9 Å². The minimum atomic E-state index is 0.494. The second-order valence-electron chi connectivity index (χ2n) is 5.80. The lowest BCUT2D eigenvalue weighted by atomic mass is 10.0. The van der Waals surface area contributed by atoms with E-state index in [0.29, 0.717) is 6.04 Å². The first-order valence-corrected chi connectivity index (χ1v) is 8.52. The molecule has 1 aliphatic rings. The Morgan fingerprint density at radius 3 is 2.59 bits per heavy atom. The van der Waals surface area contributed by atoms with E-state index in [4.69, 9.17) is 0 Å². The number of hydrogen-bond donors (Lipinski definition) is 1. The van der Waals surface area contributed by atoms with Crippen LogP contribution in [0.15, 0.2) is 41.0 Å². The number of rotatable bonds is 4. The van der Waals surface area contributed by atoms with Gasteiger partial charge < -0.3 is 5.32 Å². The van der Waals surface area contributed by atoms with Crippen LogP contribution in [-0.4, -0.2) is 34.0 Å². The maximum atomic E-state index is 4.45. The number of benzene rings is 1. The fourth-order valence-electron chi connectivity index (χ4n) is 2.89. The first-order valence-electron chi connectivity index (χ1n) is 7.73. The van der Waals surface area contributed by atoms with Gasteiger partial charge in [-0.15, -0.1) is 0 Å². The number of likely N-dealkylation sites (tertiary alicyclic amines) is 1. The predicted octanol–water partition coefficient (Wildman–Crippen LogP) is 3.62. The van der Waals surface area contributed by atoms with Gasteiger partial charge in [-0.3, -0.25) is 4.90 Å². The molecular weight excluding hydrogens is 340 g/mol. The highest BCUT2D eigenvalue weighted by molar-refractivity contribution is 9.10. The van der Waals surface area contributed by atoms with Gasteiger partial charge in [0, 0.05) is 31.7 Å². The van der Waals surface area contributed by atoms with E-state index in [1.165, 1.54) is 5.56 Å². The maximum absolute atomic E-state index is 4.45. The molecule has 3 rings (SSSR count). The summed E-state index contributed by atoms with van der Waals surface area (Å²) in [5.74, 6) is 1.71. The molecule has 1 N–H and O–H groups in total. The largest absolute Gasteiger partial charge is 0.367 e. The SMILES string of the molecule is Cc1nc(Br)cc(NC2CCN(Cc3ccccc3)CC2)n1. The second-order valence-corrected chi connectivity index (χ2v) is 6.62. The van der Waals surface area contributed by atoms with Gasteiger partial charge in [0.15, 0.2) is 0 Å². The van der Waals surface area contributed by atoms with E-state index in [-0.39, 0.29) is 0 Å². The number of nitrogens with one attached hydrogen (secondary N) is 1. The van der Waals surface area contributed by atoms with Gasteiger partial charge in [-0.25, -0.2) is 9.97 Å². The van der Waals surface area contributed by atoms with Crippen LogP contribution in [0.3, 0.4) is 0 Å². The smallest absolute Gasteiger partial charge is 0.131 e. The van der Waals surface area contributed by atoms with E-state index in [0.717, 1.165) is 48.7 Å². The van der Waals surface area contributed by atoms with Crippen molar-refractivity contribution in [2.75, 3.05) is 18.4 Å². The highest BCUT2D eigenvalue weighted by atomic mass is 79.9.